The van der Waals surface area contributed by atoms with E-state index >= 15 is 0 Å². The molecule has 2 N–H and O–H groups in total. The summed E-state index contributed by atoms with van der Waals surface area (Å²) in [7, 11) is 1.83. The molecule has 1 atom stereocenters. The van der Waals surface area contributed by atoms with Gasteiger partial charge in [-0.2, -0.15) is 0 Å². The second-order valence-electron chi connectivity index (χ2n) is 7.27. The summed E-state index contributed by atoms with van der Waals surface area (Å²) in [6.07, 6.45) is 5.75. The maximum Gasteiger partial charge on any atom is 0.253 e. The topological polar surface area (TPSA) is 88.9 Å². The van der Waals surface area contributed by atoms with Crippen molar-refractivity contribution in [3.63, 3.8) is 0 Å². The lowest BCUT2D eigenvalue weighted by atomic mass is 9.95. The zero-order valence-electron chi connectivity index (χ0n) is 16.7. The first-order valence-electron chi connectivity index (χ1n) is 9.82. The molecular weight excluding hydrogens is 410 g/mol. The summed E-state index contributed by atoms with van der Waals surface area (Å²) in [5.74, 6) is 0.655. The number of halogens is 1. The number of thioether (sulfide) groups is 1. The van der Waals surface area contributed by atoms with Gasteiger partial charge in [0.15, 0.2) is 11.0 Å². The molecule has 0 unspecified atom stereocenters. The molecule has 1 aromatic carbocycles. The Hall–Kier alpha value is -2.06. The van der Waals surface area contributed by atoms with Gasteiger partial charge in [0.25, 0.3) is 5.91 Å². The van der Waals surface area contributed by atoms with Crippen LogP contribution < -0.4 is 10.6 Å². The van der Waals surface area contributed by atoms with E-state index in [0.29, 0.717) is 33.4 Å². The van der Waals surface area contributed by atoms with Crippen molar-refractivity contribution in [1.29, 1.82) is 0 Å². The molecule has 2 amide bonds. The fraction of sp³-hybridized carbons (Fsp3) is 0.500. The molecule has 0 aliphatic heterocycles. The highest BCUT2D eigenvalue weighted by Crippen LogP contribution is 2.21. The van der Waals surface area contributed by atoms with Crippen LogP contribution in [0.3, 0.4) is 0 Å². The van der Waals surface area contributed by atoms with Crippen LogP contribution in [-0.4, -0.2) is 38.4 Å². The number of nitrogens with one attached hydrogen (secondary N) is 2. The Kier molecular flexibility index (Phi) is 7.55. The zero-order chi connectivity index (χ0) is 20.8. The maximum absolute atomic E-state index is 12.5. The third-order valence-electron chi connectivity index (χ3n) is 5.02. The van der Waals surface area contributed by atoms with Gasteiger partial charge in [-0.3, -0.25) is 9.59 Å². The predicted octanol–water partition coefficient (Wildman–Crippen LogP) is 3.50. The number of hydrogen-bond acceptors (Lipinski definition) is 5. The highest BCUT2D eigenvalue weighted by molar-refractivity contribution is 7.99. The molecule has 3 rings (SSSR count). The van der Waals surface area contributed by atoms with Crippen LogP contribution in [0.4, 0.5) is 0 Å². The van der Waals surface area contributed by atoms with E-state index in [9.17, 15) is 9.59 Å². The van der Waals surface area contributed by atoms with Gasteiger partial charge in [-0.05, 0) is 31.9 Å². The maximum atomic E-state index is 12.5. The molecule has 2 aromatic rings. The monoisotopic (exact) mass is 435 g/mol. The SMILES string of the molecule is C[C@@H](NC(=O)c1ccccc1Cl)c1nnc(SCC(=O)NC2CCCCC2)n1C. The van der Waals surface area contributed by atoms with Crippen LogP contribution in [0.25, 0.3) is 0 Å². The average Bonchev–Trinajstić information content (AvgIpc) is 3.08. The lowest BCUT2D eigenvalue weighted by Crippen LogP contribution is -2.37. The Morgan fingerprint density at radius 1 is 1.24 bits per heavy atom. The summed E-state index contributed by atoms with van der Waals surface area (Å²) in [5, 5.41) is 15.4. The van der Waals surface area contributed by atoms with Gasteiger partial charge >= 0.3 is 0 Å². The van der Waals surface area contributed by atoms with E-state index in [2.05, 4.69) is 20.8 Å². The first kappa shape index (κ1) is 21.6. The second kappa shape index (κ2) is 10.1. The molecule has 0 bridgehead atoms. The molecule has 7 nitrogen and oxygen atoms in total. The molecule has 0 radical (unpaired) electrons. The summed E-state index contributed by atoms with van der Waals surface area (Å²) in [5.41, 5.74) is 0.414. The van der Waals surface area contributed by atoms with Gasteiger partial charge in [-0.25, -0.2) is 0 Å². The minimum Gasteiger partial charge on any atom is -0.353 e. The lowest BCUT2D eigenvalue weighted by Gasteiger charge is -2.22. The third-order valence-corrected chi connectivity index (χ3v) is 6.37. The van der Waals surface area contributed by atoms with Crippen LogP contribution in [0.2, 0.25) is 5.02 Å². The molecule has 1 fully saturated rings. The lowest BCUT2D eigenvalue weighted by molar-refractivity contribution is -0.119. The molecule has 1 aliphatic carbocycles. The molecule has 1 heterocycles. The van der Waals surface area contributed by atoms with Crippen molar-refractivity contribution >= 4 is 35.2 Å². The second-order valence-corrected chi connectivity index (χ2v) is 8.62. The molecule has 9 heteroatoms. The van der Waals surface area contributed by atoms with Gasteiger partial charge in [0.2, 0.25) is 5.91 Å². The van der Waals surface area contributed by atoms with E-state index in [1.807, 2.05) is 14.0 Å². The van der Waals surface area contributed by atoms with Crippen LogP contribution in [0.15, 0.2) is 29.4 Å². The Morgan fingerprint density at radius 3 is 2.69 bits per heavy atom. The Labute approximate surface area is 180 Å². The molecule has 0 spiro atoms. The number of aromatic nitrogens is 3. The van der Waals surface area contributed by atoms with Crippen molar-refractivity contribution in [2.75, 3.05) is 5.75 Å². The number of hydrogen-bond donors (Lipinski definition) is 2. The number of amides is 2. The van der Waals surface area contributed by atoms with E-state index in [0.717, 1.165) is 12.8 Å². The Bertz CT molecular complexity index is 866. The van der Waals surface area contributed by atoms with E-state index < -0.39 is 0 Å². The molecule has 156 valence electrons. The quantitative estimate of drug-likeness (QED) is 0.649. The largest absolute Gasteiger partial charge is 0.353 e. The molecule has 0 saturated heterocycles. The van der Waals surface area contributed by atoms with Crippen molar-refractivity contribution in [3.05, 3.63) is 40.7 Å². The van der Waals surface area contributed by atoms with Gasteiger partial charge in [-0.1, -0.05) is 54.8 Å². The molecule has 1 saturated carbocycles. The summed E-state index contributed by atoms with van der Waals surface area (Å²) in [6, 6.07) is 6.83. The van der Waals surface area contributed by atoms with Gasteiger partial charge in [0, 0.05) is 13.1 Å². The first-order chi connectivity index (χ1) is 14.0. The fourth-order valence-corrected chi connectivity index (χ4v) is 4.41. The van der Waals surface area contributed by atoms with Gasteiger partial charge < -0.3 is 15.2 Å². The van der Waals surface area contributed by atoms with Crippen LogP contribution in [0.1, 0.15) is 61.3 Å². The van der Waals surface area contributed by atoms with E-state index in [1.54, 1.807) is 28.8 Å². The highest BCUT2D eigenvalue weighted by Gasteiger charge is 2.21. The van der Waals surface area contributed by atoms with E-state index in [4.69, 9.17) is 11.6 Å². The third kappa shape index (κ3) is 5.73. The van der Waals surface area contributed by atoms with Crippen molar-refractivity contribution in [2.24, 2.45) is 7.05 Å². The number of carbonyl (C=O) groups is 2. The van der Waals surface area contributed by atoms with Crippen LogP contribution in [0, 0.1) is 0 Å². The highest BCUT2D eigenvalue weighted by atomic mass is 35.5. The van der Waals surface area contributed by atoms with E-state index in [-0.39, 0.29) is 17.9 Å². The fourth-order valence-electron chi connectivity index (χ4n) is 3.46. The van der Waals surface area contributed by atoms with Crippen LogP contribution in [0.5, 0.6) is 0 Å². The molecule has 1 aliphatic rings. The van der Waals surface area contributed by atoms with Crippen molar-refractivity contribution < 1.29 is 9.59 Å². The molecular formula is C20H26ClN5O2S. The number of benzene rings is 1. The van der Waals surface area contributed by atoms with E-state index in [1.165, 1.54) is 31.0 Å². The number of carbonyl (C=O) groups excluding carboxylic acids is 2. The smallest absolute Gasteiger partial charge is 0.253 e. The summed E-state index contributed by atoms with van der Waals surface area (Å²) in [6.45, 7) is 1.84. The van der Waals surface area contributed by atoms with Crippen LogP contribution in [-0.2, 0) is 11.8 Å². The minimum absolute atomic E-state index is 0.0199. The number of nitrogens with zero attached hydrogens (tertiary/aromatic N) is 3. The minimum atomic E-state index is -0.360. The van der Waals surface area contributed by atoms with Crippen molar-refractivity contribution in [2.45, 2.75) is 56.3 Å². The van der Waals surface area contributed by atoms with Crippen LogP contribution >= 0.6 is 23.4 Å². The normalized spacial score (nSPS) is 15.7. The predicted molar refractivity (Wildman–Crippen MR) is 114 cm³/mol. The summed E-state index contributed by atoms with van der Waals surface area (Å²) in [4.78, 5) is 24.7. The van der Waals surface area contributed by atoms with Gasteiger partial charge in [-0.15, -0.1) is 10.2 Å². The first-order valence-corrected chi connectivity index (χ1v) is 11.2. The van der Waals surface area contributed by atoms with Gasteiger partial charge in [0.1, 0.15) is 0 Å². The summed E-state index contributed by atoms with van der Waals surface area (Å²) < 4.78 is 1.80. The Balaban J connectivity index is 1.54. The zero-order valence-corrected chi connectivity index (χ0v) is 18.2. The number of rotatable bonds is 7. The van der Waals surface area contributed by atoms with Crippen molar-refractivity contribution in [1.82, 2.24) is 25.4 Å². The molecule has 1 aromatic heterocycles. The van der Waals surface area contributed by atoms with Gasteiger partial charge in [0.05, 0.1) is 22.4 Å². The van der Waals surface area contributed by atoms with Crippen molar-refractivity contribution in [3.8, 4) is 0 Å². The standard InChI is InChI=1S/C20H26ClN5O2S/c1-13(22-19(28)15-10-6-7-11-16(15)21)18-24-25-20(26(18)2)29-12-17(27)23-14-8-4-3-5-9-14/h6-7,10-11,13-14H,3-5,8-9,12H2,1-2H3,(H,22,28)(H,23,27)/t13-/m1/s1. The Morgan fingerprint density at radius 2 is 1.97 bits per heavy atom. The average molecular weight is 436 g/mol. The summed E-state index contributed by atoms with van der Waals surface area (Å²) >= 11 is 7.43. The molecule has 29 heavy (non-hydrogen) atoms.